The maximum Gasteiger partial charge on any atom is 0.328 e. The third-order valence-electron chi connectivity index (χ3n) is 12.0. The Bertz CT molecular complexity index is 2070. The summed E-state index contributed by atoms with van der Waals surface area (Å²) in [5.74, 6) is -3.77. The molecule has 0 bridgehead atoms. The Kier molecular flexibility index (Phi) is 12.1. The molecule has 3 N–H and O–H groups in total. The van der Waals surface area contributed by atoms with Gasteiger partial charge in [-0.2, -0.15) is 0 Å². The largest absolute Gasteiger partial charge is 0.461 e. The van der Waals surface area contributed by atoms with Gasteiger partial charge in [-0.3, -0.25) is 28.8 Å². The first-order valence-corrected chi connectivity index (χ1v) is 20.4. The van der Waals surface area contributed by atoms with Gasteiger partial charge in [0.2, 0.25) is 35.4 Å². The normalized spacial score (nSPS) is 26.4. The van der Waals surface area contributed by atoms with Crippen LogP contribution in [-0.2, 0) is 58.2 Å². The number of rotatable bonds is 7. The highest BCUT2D eigenvalue weighted by molar-refractivity contribution is 5.98. The number of cyclic esters (lactones) is 1. The Morgan fingerprint density at radius 3 is 2.36 bits per heavy atom. The van der Waals surface area contributed by atoms with Gasteiger partial charge in [0.05, 0.1) is 6.42 Å². The molecule has 15 nitrogen and oxygen atoms in total. The number of carbonyl (C=O) groups excluding carboxylic acids is 7. The Balaban J connectivity index is 1.17. The number of nitrogens with one attached hydrogen (secondary N) is 3. The zero-order valence-corrected chi connectivity index (χ0v) is 33.4. The summed E-state index contributed by atoms with van der Waals surface area (Å²) in [6.07, 6.45) is 5.02. The second-order valence-corrected chi connectivity index (χ2v) is 16.3. The molecule has 1 aromatic heterocycles. The van der Waals surface area contributed by atoms with E-state index in [-0.39, 0.29) is 37.8 Å². The molecule has 4 fully saturated rings. The van der Waals surface area contributed by atoms with Crippen LogP contribution in [0.4, 0.5) is 0 Å². The molecule has 0 unspecified atom stereocenters. The molecule has 7 rings (SSSR count). The third kappa shape index (κ3) is 8.72. The van der Waals surface area contributed by atoms with Crippen LogP contribution in [0.5, 0.6) is 0 Å². The van der Waals surface area contributed by atoms with Crippen molar-refractivity contribution in [1.82, 2.24) is 35.2 Å². The van der Waals surface area contributed by atoms with Gasteiger partial charge in [-0.25, -0.2) is 4.79 Å². The number of aromatic nitrogens is 1. The molecule has 0 spiro atoms. The van der Waals surface area contributed by atoms with Crippen LogP contribution in [0.2, 0.25) is 0 Å². The quantitative estimate of drug-likeness (QED) is 0.302. The van der Waals surface area contributed by atoms with Gasteiger partial charge in [-0.1, -0.05) is 49.4 Å². The van der Waals surface area contributed by atoms with Crippen molar-refractivity contribution in [3.05, 3.63) is 71.9 Å². The lowest BCUT2D eigenvalue weighted by atomic mass is 9.99. The van der Waals surface area contributed by atoms with Gasteiger partial charge in [0, 0.05) is 44.8 Å². The molecule has 0 radical (unpaired) electrons. The molecule has 308 valence electrons. The molecule has 58 heavy (non-hydrogen) atoms. The summed E-state index contributed by atoms with van der Waals surface area (Å²) in [4.78, 5) is 102. The molecule has 6 amide bonds. The van der Waals surface area contributed by atoms with Gasteiger partial charge in [0.15, 0.2) is 0 Å². The van der Waals surface area contributed by atoms with Crippen LogP contribution in [0.1, 0.15) is 63.5 Å². The van der Waals surface area contributed by atoms with Crippen LogP contribution in [0.3, 0.4) is 0 Å². The second kappa shape index (κ2) is 17.4. The Hall–Kier alpha value is -5.73. The number of amides is 6. The highest BCUT2D eigenvalue weighted by Crippen LogP contribution is 2.28. The lowest BCUT2D eigenvalue weighted by Crippen LogP contribution is -2.62. The first-order valence-electron chi connectivity index (χ1n) is 20.4. The predicted molar refractivity (Wildman–Crippen MR) is 213 cm³/mol. The number of aryl methyl sites for hydroxylation is 1. The van der Waals surface area contributed by atoms with Crippen molar-refractivity contribution in [2.45, 2.75) is 101 Å². The highest BCUT2D eigenvalue weighted by Gasteiger charge is 2.46. The maximum atomic E-state index is 14.6. The predicted octanol–water partition coefficient (Wildman–Crippen LogP) is 1.60. The van der Waals surface area contributed by atoms with Crippen molar-refractivity contribution < 1.29 is 38.3 Å². The van der Waals surface area contributed by atoms with Crippen LogP contribution >= 0.6 is 0 Å². The van der Waals surface area contributed by atoms with Crippen LogP contribution in [0, 0.1) is 5.92 Å². The van der Waals surface area contributed by atoms with E-state index >= 15 is 0 Å². The molecule has 4 saturated heterocycles. The number of benzene rings is 2. The van der Waals surface area contributed by atoms with E-state index in [1.165, 1.54) is 14.7 Å². The standard InChI is InChI=1S/C43H53N7O8/c1-26-20-36-43(57)58-25-32(41(55)49-18-9-13-34(49)42(56)48-17-8-7-12-33(48)39(53)44-27(2)40(54)50(36)24-26)46-38(52)31(21-28-10-5-4-6-11-28)45-37(51)23-29-14-15-30-16-19-47(3)35(30)22-29/h4-6,10-11,14-16,19,22,26-27,31-34,36H,7-9,12-13,17-18,20-21,23-25H2,1-3H3,(H,44,53)(H,45,51)(H,46,52)/t26-,27-,31-,32-,33-,34-,36-/m0/s1. The monoisotopic (exact) mass is 795 g/mol. The molecule has 4 aliphatic heterocycles. The first-order chi connectivity index (χ1) is 27.9. The van der Waals surface area contributed by atoms with E-state index in [1.807, 2.05) is 79.3 Å². The molecule has 5 heterocycles. The van der Waals surface area contributed by atoms with E-state index in [0.717, 1.165) is 22.0 Å². The fraction of sp³-hybridized carbons (Fsp3) is 0.512. The summed E-state index contributed by atoms with van der Waals surface area (Å²) in [6.45, 7) is 3.72. The summed E-state index contributed by atoms with van der Waals surface area (Å²) < 4.78 is 7.75. The van der Waals surface area contributed by atoms with E-state index in [1.54, 1.807) is 6.92 Å². The summed E-state index contributed by atoms with van der Waals surface area (Å²) in [7, 11) is 1.92. The summed E-state index contributed by atoms with van der Waals surface area (Å²) in [6, 6.07) is 10.7. The highest BCUT2D eigenvalue weighted by atomic mass is 16.5. The van der Waals surface area contributed by atoms with E-state index in [4.69, 9.17) is 4.74 Å². The van der Waals surface area contributed by atoms with E-state index in [9.17, 15) is 33.6 Å². The van der Waals surface area contributed by atoms with Gasteiger partial charge in [0.1, 0.15) is 42.9 Å². The second-order valence-electron chi connectivity index (χ2n) is 16.3. The van der Waals surface area contributed by atoms with Crippen molar-refractivity contribution in [2.24, 2.45) is 13.0 Å². The first kappa shape index (κ1) is 40.5. The van der Waals surface area contributed by atoms with Crippen molar-refractivity contribution >= 4 is 52.3 Å². The molecule has 0 saturated carbocycles. The van der Waals surface area contributed by atoms with Gasteiger partial charge in [-0.15, -0.1) is 0 Å². The van der Waals surface area contributed by atoms with Crippen LogP contribution in [0.15, 0.2) is 60.8 Å². The number of hydrogen-bond acceptors (Lipinski definition) is 8. The van der Waals surface area contributed by atoms with E-state index in [0.29, 0.717) is 45.1 Å². The zero-order chi connectivity index (χ0) is 41.1. The molecule has 7 atom stereocenters. The van der Waals surface area contributed by atoms with Crippen molar-refractivity contribution in [3.8, 4) is 0 Å². The van der Waals surface area contributed by atoms with Crippen molar-refractivity contribution in [2.75, 3.05) is 26.2 Å². The van der Waals surface area contributed by atoms with Crippen LogP contribution < -0.4 is 16.0 Å². The SMILES string of the molecule is C[C@H]1C[C@H]2C(=O)OC[C@H](NC(=O)[C@H](Cc3ccccc3)NC(=O)Cc3ccc4ccn(C)c4c3)C(=O)N3CCC[C@H]3C(=O)N3CCCC[C@H]3C(=O)N[C@@H](C)C(=O)N2C1. The molecule has 4 aliphatic rings. The lowest BCUT2D eigenvalue weighted by molar-refractivity contribution is -0.158. The summed E-state index contributed by atoms with van der Waals surface area (Å²) in [5.41, 5.74) is 2.49. The minimum atomic E-state index is -1.42. The minimum Gasteiger partial charge on any atom is -0.461 e. The van der Waals surface area contributed by atoms with Crippen molar-refractivity contribution in [3.63, 3.8) is 0 Å². The number of hydrogen-bond donors (Lipinski definition) is 3. The molecular formula is C43H53N7O8. The van der Waals surface area contributed by atoms with Gasteiger partial charge >= 0.3 is 5.97 Å². The smallest absolute Gasteiger partial charge is 0.328 e. The zero-order valence-electron chi connectivity index (χ0n) is 33.4. The number of esters is 1. The Morgan fingerprint density at radius 2 is 1.57 bits per heavy atom. The summed E-state index contributed by atoms with van der Waals surface area (Å²) in [5, 5.41) is 9.50. The molecule has 2 aromatic carbocycles. The van der Waals surface area contributed by atoms with Crippen LogP contribution in [-0.4, -0.2) is 123 Å². The van der Waals surface area contributed by atoms with E-state index < -0.39 is 78.4 Å². The van der Waals surface area contributed by atoms with Gasteiger partial charge in [0.25, 0.3) is 0 Å². The fourth-order valence-corrected chi connectivity index (χ4v) is 8.90. The number of carbonyl (C=O) groups is 7. The average molecular weight is 796 g/mol. The average Bonchev–Trinajstić information content (AvgIpc) is 3.97. The summed E-state index contributed by atoms with van der Waals surface area (Å²) >= 11 is 0. The topological polar surface area (TPSA) is 179 Å². The number of ether oxygens (including phenoxy) is 1. The minimum absolute atomic E-state index is 0.000393. The molecule has 15 heteroatoms. The number of piperidine rings is 1. The Morgan fingerprint density at radius 1 is 0.828 bits per heavy atom. The lowest BCUT2D eigenvalue weighted by Gasteiger charge is -2.39. The Labute approximate surface area is 337 Å². The molecule has 0 aliphatic carbocycles. The third-order valence-corrected chi connectivity index (χ3v) is 12.0. The molecular weight excluding hydrogens is 743 g/mol. The number of fused-ring (bicyclic) bond motifs is 4. The number of nitrogens with zero attached hydrogens (tertiary/aromatic N) is 4. The van der Waals surface area contributed by atoms with Crippen LogP contribution in [0.25, 0.3) is 10.9 Å². The van der Waals surface area contributed by atoms with Gasteiger partial charge < -0.3 is 40.0 Å². The molecule has 3 aromatic rings. The van der Waals surface area contributed by atoms with E-state index in [2.05, 4.69) is 16.0 Å². The van der Waals surface area contributed by atoms with Crippen molar-refractivity contribution in [1.29, 1.82) is 0 Å². The maximum absolute atomic E-state index is 14.6. The van der Waals surface area contributed by atoms with Gasteiger partial charge in [-0.05, 0) is 80.0 Å². The fourth-order valence-electron chi connectivity index (χ4n) is 8.90.